The van der Waals surface area contributed by atoms with Gasteiger partial charge in [0.05, 0.1) is 33.4 Å². The molecule has 4 aromatic carbocycles. The van der Waals surface area contributed by atoms with Crippen LogP contribution in [0.3, 0.4) is 0 Å². The maximum absolute atomic E-state index is 12.9. The van der Waals surface area contributed by atoms with Crippen molar-refractivity contribution in [3.8, 4) is 46.0 Å². The van der Waals surface area contributed by atoms with E-state index < -0.39 is 26.0 Å². The molecule has 0 unspecified atom stereocenters. The first-order valence-electron chi connectivity index (χ1n) is 17.1. The van der Waals surface area contributed by atoms with Crippen LogP contribution in [0.5, 0.6) is 46.0 Å². The van der Waals surface area contributed by atoms with Crippen molar-refractivity contribution in [2.75, 3.05) is 55.6 Å². The third-order valence-corrected chi connectivity index (χ3v) is 11.5. The Morgan fingerprint density at radius 2 is 1.43 bits per heavy atom. The van der Waals surface area contributed by atoms with Crippen LogP contribution in [0.4, 0.5) is 5.69 Å². The number of ether oxygens (including phenoxy) is 6. The third-order valence-electron chi connectivity index (χ3n) is 10.5. The summed E-state index contributed by atoms with van der Waals surface area (Å²) < 4.78 is 72.5. The largest absolute Gasteiger partial charge is 0.493 e. The first-order valence-corrected chi connectivity index (χ1v) is 18.5. The molecule has 0 saturated carbocycles. The molecule has 4 aromatic rings. The van der Waals surface area contributed by atoms with Gasteiger partial charge in [-0.25, -0.2) is 0 Å². The minimum atomic E-state index is -4.79. The van der Waals surface area contributed by atoms with Crippen molar-refractivity contribution >= 4 is 15.8 Å². The number of nitrogens with zero attached hydrogens (tertiary/aromatic N) is 3. The Kier molecular flexibility index (Phi) is 9.61. The van der Waals surface area contributed by atoms with E-state index in [-0.39, 0.29) is 58.9 Å². The predicted octanol–water partition coefficient (Wildman–Crippen LogP) is 6.32. The quantitative estimate of drug-likeness (QED) is 0.133. The van der Waals surface area contributed by atoms with Crippen LogP contribution in [0.25, 0.3) is 0 Å². The van der Waals surface area contributed by atoms with Crippen LogP contribution in [-0.2, 0) is 35.8 Å². The molecular weight excluding hydrogens is 706 g/mol. The minimum Gasteiger partial charge on any atom is -0.493 e. The molecule has 4 heterocycles. The zero-order chi connectivity index (χ0) is 37.8. The van der Waals surface area contributed by atoms with Gasteiger partial charge in [0.15, 0.2) is 28.7 Å². The Balaban J connectivity index is 1.56. The molecule has 0 spiro atoms. The van der Waals surface area contributed by atoms with E-state index in [0.717, 1.165) is 29.7 Å². The Morgan fingerprint density at radius 1 is 0.792 bits per heavy atom. The Hall–Kier alpha value is -5.09. The molecule has 1 N–H and O–H groups in total. The highest BCUT2D eigenvalue weighted by Gasteiger charge is 2.41. The summed E-state index contributed by atoms with van der Waals surface area (Å²) in [6, 6.07) is 13.6. The molecule has 0 aliphatic carbocycles. The average Bonchev–Trinajstić information content (AvgIpc) is 3.13. The molecule has 15 heteroatoms. The summed E-state index contributed by atoms with van der Waals surface area (Å²) in [6.07, 6.45) is 1.66. The third kappa shape index (κ3) is 6.47. The van der Waals surface area contributed by atoms with E-state index in [1.54, 1.807) is 7.11 Å². The van der Waals surface area contributed by atoms with Crippen LogP contribution in [0.1, 0.15) is 45.5 Å². The van der Waals surface area contributed by atoms with Gasteiger partial charge in [0.1, 0.15) is 10.6 Å². The van der Waals surface area contributed by atoms with Crippen molar-refractivity contribution in [2.45, 2.75) is 42.7 Å². The summed E-state index contributed by atoms with van der Waals surface area (Å²) >= 11 is 0. The molecule has 0 radical (unpaired) electrons. The molecule has 14 nitrogen and oxygen atoms in total. The van der Waals surface area contributed by atoms with Crippen molar-refractivity contribution in [1.29, 1.82) is 0 Å². The fourth-order valence-corrected chi connectivity index (χ4v) is 8.59. The highest BCUT2D eigenvalue weighted by atomic mass is 32.2. The lowest BCUT2D eigenvalue weighted by atomic mass is 9.86. The summed E-state index contributed by atoms with van der Waals surface area (Å²) in [5.74, 6) is 1.68. The zero-order valence-electron chi connectivity index (χ0n) is 30.3. The zero-order valence-corrected chi connectivity index (χ0v) is 31.1. The van der Waals surface area contributed by atoms with Gasteiger partial charge in [-0.1, -0.05) is 12.1 Å². The molecule has 0 amide bonds. The van der Waals surface area contributed by atoms with Crippen LogP contribution >= 0.6 is 0 Å². The smallest absolute Gasteiger partial charge is 0.318 e. The fraction of sp³-hybridized carbons (Fsp3) is 0.368. The van der Waals surface area contributed by atoms with Crippen molar-refractivity contribution in [1.82, 2.24) is 9.80 Å². The van der Waals surface area contributed by atoms with Gasteiger partial charge in [-0.05, 0) is 92.4 Å². The van der Waals surface area contributed by atoms with Gasteiger partial charge in [-0.15, -0.1) is 0 Å². The number of fused-ring (bicyclic) bond motifs is 2. The summed E-state index contributed by atoms with van der Waals surface area (Å²) in [5, 5.41) is 12.8. The number of benzene rings is 4. The number of nitro benzene ring substituents is 1. The highest BCUT2D eigenvalue weighted by Crippen LogP contribution is 2.56. The first kappa shape index (κ1) is 36.3. The molecule has 0 fully saturated rings. The number of nitro groups is 1. The second-order valence-corrected chi connectivity index (χ2v) is 14.8. The van der Waals surface area contributed by atoms with Gasteiger partial charge < -0.3 is 28.4 Å². The summed E-state index contributed by atoms with van der Waals surface area (Å²) in [7, 11) is 4.78. The number of hydrogen-bond acceptors (Lipinski definition) is 12. The molecule has 4 aliphatic rings. The Morgan fingerprint density at radius 3 is 2.08 bits per heavy atom. The van der Waals surface area contributed by atoms with Crippen molar-refractivity contribution in [2.24, 2.45) is 0 Å². The van der Waals surface area contributed by atoms with Crippen LogP contribution in [0.2, 0.25) is 0 Å². The van der Waals surface area contributed by atoms with E-state index in [0.29, 0.717) is 41.3 Å². The molecule has 280 valence electrons. The number of methoxy groups -OCH3 is 4. The normalized spacial score (nSPS) is 18.5. The van der Waals surface area contributed by atoms with E-state index in [2.05, 4.69) is 11.9 Å². The van der Waals surface area contributed by atoms with Crippen LogP contribution in [0.15, 0.2) is 53.4 Å². The van der Waals surface area contributed by atoms with E-state index >= 15 is 0 Å². The summed E-state index contributed by atoms with van der Waals surface area (Å²) in [5.41, 5.74) is 3.89. The Labute approximate surface area is 307 Å². The van der Waals surface area contributed by atoms with Crippen LogP contribution < -0.4 is 28.4 Å². The standard InChI is InChI=1S/C38H41N3O11S/c1-39-13-11-22-17-29(47-3)32-19-26(22)27(39)15-21-7-9-24(10-8-21)51-31-18-23(33(53(44,45)46)20-30(31)48-4)16-28-34-25(12-14-40(28)2)35(41(42)43)37(49-5)38(50-6)36(34)52-32/h7-10,17-20,27-28H,11-16H2,1-6H3,(H,44,45,46)/t27-,28-/m0/s1. The van der Waals surface area contributed by atoms with Gasteiger partial charge >= 0.3 is 5.69 Å². The molecule has 6 bridgehead atoms. The monoisotopic (exact) mass is 747 g/mol. The van der Waals surface area contributed by atoms with Gasteiger partial charge in [0, 0.05) is 42.4 Å². The van der Waals surface area contributed by atoms with E-state index in [4.69, 9.17) is 28.4 Å². The van der Waals surface area contributed by atoms with Gasteiger partial charge in [0.25, 0.3) is 10.1 Å². The fourth-order valence-electron chi connectivity index (χ4n) is 7.86. The van der Waals surface area contributed by atoms with Crippen LogP contribution in [-0.4, -0.2) is 83.3 Å². The molecule has 53 heavy (non-hydrogen) atoms. The maximum atomic E-state index is 12.9. The van der Waals surface area contributed by atoms with E-state index in [1.165, 1.54) is 33.5 Å². The highest BCUT2D eigenvalue weighted by molar-refractivity contribution is 7.85. The predicted molar refractivity (Wildman–Crippen MR) is 194 cm³/mol. The van der Waals surface area contributed by atoms with Crippen molar-refractivity contribution < 1.29 is 46.3 Å². The molecule has 0 saturated heterocycles. The lowest BCUT2D eigenvalue weighted by Gasteiger charge is -2.37. The topological polar surface area (TPSA) is 159 Å². The second-order valence-electron chi connectivity index (χ2n) is 13.4. The van der Waals surface area contributed by atoms with E-state index in [9.17, 15) is 23.1 Å². The number of hydrogen-bond donors (Lipinski definition) is 1. The maximum Gasteiger partial charge on any atom is 0.318 e. The molecule has 4 aliphatic heterocycles. The average molecular weight is 748 g/mol. The van der Waals surface area contributed by atoms with Gasteiger partial charge in [-0.3, -0.25) is 24.5 Å². The Bertz CT molecular complexity index is 2210. The van der Waals surface area contributed by atoms with Crippen LogP contribution in [0, 0.1) is 10.1 Å². The minimum absolute atomic E-state index is 0.00519. The molecule has 8 rings (SSSR count). The van der Waals surface area contributed by atoms with Crippen molar-refractivity contribution in [3.63, 3.8) is 0 Å². The van der Waals surface area contributed by atoms with Gasteiger partial charge in [0.2, 0.25) is 11.5 Å². The second kappa shape index (κ2) is 14.0. The first-order chi connectivity index (χ1) is 25.4. The SMILES string of the molecule is COc1cc(S(=O)(=O)O)c2cc1Oc1ccc(cc1)C[C@H]1c3cc(c(OC)cc3CCN1C)Oc1c(OC)c(OC)c([N+](=O)[O-])c3c1[C@H](C2)N(C)CC3. The lowest BCUT2D eigenvalue weighted by Crippen LogP contribution is -2.35. The number of rotatable bonds is 6. The molecule has 0 aromatic heterocycles. The van der Waals surface area contributed by atoms with E-state index in [1.807, 2.05) is 48.3 Å². The summed E-state index contributed by atoms with van der Waals surface area (Å²) in [6.45, 7) is 1.20. The number of likely N-dealkylation sites (N-methyl/N-ethyl adjacent to an activating group) is 2. The molecule has 2 atom stereocenters. The molecular formula is C38H41N3O11S. The summed E-state index contributed by atoms with van der Waals surface area (Å²) in [4.78, 5) is 16.2. The van der Waals surface area contributed by atoms with Crippen molar-refractivity contribution in [3.05, 3.63) is 92.0 Å². The lowest BCUT2D eigenvalue weighted by molar-refractivity contribution is -0.386. The van der Waals surface area contributed by atoms with Gasteiger partial charge in [-0.2, -0.15) is 8.42 Å².